The van der Waals surface area contributed by atoms with E-state index in [0.717, 1.165) is 64.3 Å². The first-order chi connectivity index (χ1) is 13.2. The molecule has 4 nitrogen and oxygen atoms in total. The zero-order chi connectivity index (χ0) is 18.6. The van der Waals surface area contributed by atoms with Crippen molar-refractivity contribution in [2.45, 2.75) is 26.3 Å². The van der Waals surface area contributed by atoms with Crippen molar-refractivity contribution in [2.24, 2.45) is 0 Å². The Morgan fingerprint density at radius 1 is 1.04 bits per heavy atom. The summed E-state index contributed by atoms with van der Waals surface area (Å²) in [6.45, 7) is 3.86. The fourth-order valence-corrected chi connectivity index (χ4v) is 3.51. The molecule has 2 aromatic carbocycles. The van der Waals surface area contributed by atoms with Gasteiger partial charge < -0.3 is 15.6 Å². The van der Waals surface area contributed by atoms with E-state index in [-0.39, 0.29) is 0 Å². The minimum atomic E-state index is 0.734. The molecule has 2 aromatic heterocycles. The van der Waals surface area contributed by atoms with Crippen LogP contribution in [-0.4, -0.2) is 16.5 Å². The van der Waals surface area contributed by atoms with Gasteiger partial charge in [0.25, 0.3) is 0 Å². The van der Waals surface area contributed by atoms with E-state index < -0.39 is 0 Å². The first kappa shape index (κ1) is 17.7. The summed E-state index contributed by atoms with van der Waals surface area (Å²) in [5.74, 6) is 0.854. The number of nitrogens with one attached hydrogen (secondary N) is 3. The van der Waals surface area contributed by atoms with E-state index in [0.29, 0.717) is 0 Å². The molecule has 138 valence electrons. The van der Waals surface area contributed by atoms with Crippen molar-refractivity contribution in [3.8, 4) is 0 Å². The summed E-state index contributed by atoms with van der Waals surface area (Å²) in [7, 11) is 0. The third-order valence-electron chi connectivity index (χ3n) is 4.72. The average Bonchev–Trinajstić information content (AvgIpc) is 3.05. The van der Waals surface area contributed by atoms with Gasteiger partial charge in [0.2, 0.25) is 0 Å². The van der Waals surface area contributed by atoms with E-state index in [1.54, 1.807) is 0 Å². The van der Waals surface area contributed by atoms with Crippen LogP contribution in [0.3, 0.4) is 0 Å². The standard InChI is InChI=1S/C22H23ClN4/c1-2-3-9-24-19-11-16(23)10-18-17-12-21(26-14-20(17)27-22(18)19)25-13-15-7-5-4-6-8-15/h4-8,10-12,14,24,27H,2-3,9,13H2,1H3,(H,25,26). The predicted octanol–water partition coefficient (Wildman–Crippen LogP) is 6.19. The first-order valence-corrected chi connectivity index (χ1v) is 9.75. The molecule has 0 aliphatic rings. The summed E-state index contributed by atoms with van der Waals surface area (Å²) in [6.07, 6.45) is 4.17. The number of pyridine rings is 1. The smallest absolute Gasteiger partial charge is 0.126 e. The number of aromatic nitrogens is 2. The molecule has 0 saturated carbocycles. The number of hydrogen-bond acceptors (Lipinski definition) is 3. The number of hydrogen-bond donors (Lipinski definition) is 3. The van der Waals surface area contributed by atoms with Gasteiger partial charge in [0, 0.05) is 28.9 Å². The minimum absolute atomic E-state index is 0.734. The van der Waals surface area contributed by atoms with Gasteiger partial charge in [0.15, 0.2) is 0 Å². The topological polar surface area (TPSA) is 52.7 Å². The molecule has 27 heavy (non-hydrogen) atoms. The lowest BCUT2D eigenvalue weighted by atomic mass is 10.1. The number of fused-ring (bicyclic) bond motifs is 3. The van der Waals surface area contributed by atoms with Crippen LogP contribution in [0.4, 0.5) is 11.5 Å². The highest BCUT2D eigenvalue weighted by Crippen LogP contribution is 2.34. The summed E-state index contributed by atoms with van der Waals surface area (Å²) in [5.41, 5.74) is 4.35. The molecule has 0 fully saturated rings. The van der Waals surface area contributed by atoms with Gasteiger partial charge in [-0.05, 0) is 30.2 Å². The molecule has 0 atom stereocenters. The number of aromatic amines is 1. The fourth-order valence-electron chi connectivity index (χ4n) is 3.29. The van der Waals surface area contributed by atoms with Crippen LogP contribution in [-0.2, 0) is 6.54 Å². The van der Waals surface area contributed by atoms with E-state index in [1.165, 1.54) is 5.56 Å². The molecule has 0 saturated heterocycles. The number of H-pyrrole nitrogens is 1. The van der Waals surface area contributed by atoms with Crippen molar-refractivity contribution in [3.05, 3.63) is 65.3 Å². The minimum Gasteiger partial charge on any atom is -0.383 e. The van der Waals surface area contributed by atoms with Crippen LogP contribution in [0, 0.1) is 0 Å². The summed E-state index contributed by atoms with van der Waals surface area (Å²) < 4.78 is 0. The Hall–Kier alpha value is -2.72. The van der Waals surface area contributed by atoms with Crippen LogP contribution in [0.15, 0.2) is 54.7 Å². The van der Waals surface area contributed by atoms with Gasteiger partial charge in [-0.1, -0.05) is 55.3 Å². The fraction of sp³-hybridized carbons (Fsp3) is 0.227. The van der Waals surface area contributed by atoms with Crippen molar-refractivity contribution in [3.63, 3.8) is 0 Å². The Morgan fingerprint density at radius 2 is 1.89 bits per heavy atom. The molecule has 2 heterocycles. The summed E-state index contributed by atoms with van der Waals surface area (Å²) in [5, 5.41) is 9.87. The van der Waals surface area contributed by atoms with Crippen LogP contribution in [0.25, 0.3) is 21.8 Å². The zero-order valence-electron chi connectivity index (χ0n) is 15.3. The van der Waals surface area contributed by atoms with Gasteiger partial charge in [-0.15, -0.1) is 0 Å². The number of unbranched alkanes of at least 4 members (excludes halogenated alkanes) is 1. The van der Waals surface area contributed by atoms with E-state index in [2.05, 4.69) is 45.7 Å². The molecule has 4 aromatic rings. The van der Waals surface area contributed by atoms with Crippen molar-refractivity contribution in [2.75, 3.05) is 17.2 Å². The van der Waals surface area contributed by atoms with Gasteiger partial charge in [-0.25, -0.2) is 4.98 Å². The van der Waals surface area contributed by atoms with Crippen molar-refractivity contribution in [1.82, 2.24) is 9.97 Å². The summed E-state index contributed by atoms with van der Waals surface area (Å²) >= 11 is 6.39. The molecular weight excluding hydrogens is 356 g/mol. The van der Waals surface area contributed by atoms with Gasteiger partial charge in [0.1, 0.15) is 5.82 Å². The number of anilines is 2. The summed E-state index contributed by atoms with van der Waals surface area (Å²) in [6, 6.07) is 16.4. The SMILES string of the molecule is CCCCNc1cc(Cl)cc2c1[nH]c1cnc(NCc3ccccc3)cc12. The molecule has 4 rings (SSSR count). The molecule has 0 aliphatic heterocycles. The molecule has 0 aliphatic carbocycles. The Morgan fingerprint density at radius 3 is 2.70 bits per heavy atom. The Kier molecular flexibility index (Phi) is 5.16. The van der Waals surface area contributed by atoms with Crippen LogP contribution >= 0.6 is 11.6 Å². The van der Waals surface area contributed by atoms with Gasteiger partial charge >= 0.3 is 0 Å². The maximum atomic E-state index is 6.39. The van der Waals surface area contributed by atoms with Crippen molar-refractivity contribution >= 4 is 44.9 Å². The number of benzene rings is 2. The first-order valence-electron chi connectivity index (χ1n) is 9.37. The Labute approximate surface area is 164 Å². The molecule has 3 N–H and O–H groups in total. The normalized spacial score (nSPS) is 11.2. The van der Waals surface area contributed by atoms with Crippen LogP contribution in [0.5, 0.6) is 0 Å². The largest absolute Gasteiger partial charge is 0.383 e. The van der Waals surface area contributed by atoms with Crippen molar-refractivity contribution < 1.29 is 0 Å². The van der Waals surface area contributed by atoms with Gasteiger partial charge in [0.05, 0.1) is 22.9 Å². The second-order valence-corrected chi connectivity index (χ2v) is 7.17. The lowest BCUT2D eigenvalue weighted by molar-refractivity contribution is 0.835. The molecule has 5 heteroatoms. The number of rotatable bonds is 7. The Balaban J connectivity index is 1.67. The van der Waals surface area contributed by atoms with E-state index in [4.69, 9.17) is 11.6 Å². The average molecular weight is 379 g/mol. The third-order valence-corrected chi connectivity index (χ3v) is 4.94. The molecular formula is C22H23ClN4. The van der Waals surface area contributed by atoms with Crippen LogP contribution < -0.4 is 10.6 Å². The van der Waals surface area contributed by atoms with Gasteiger partial charge in [-0.3, -0.25) is 0 Å². The molecule has 0 radical (unpaired) electrons. The van der Waals surface area contributed by atoms with E-state index in [9.17, 15) is 0 Å². The summed E-state index contributed by atoms with van der Waals surface area (Å²) in [4.78, 5) is 8.04. The highest BCUT2D eigenvalue weighted by molar-refractivity contribution is 6.32. The second kappa shape index (κ2) is 7.89. The third kappa shape index (κ3) is 3.86. The Bertz CT molecular complexity index is 1060. The predicted molar refractivity (Wildman–Crippen MR) is 116 cm³/mol. The van der Waals surface area contributed by atoms with Crippen molar-refractivity contribution in [1.29, 1.82) is 0 Å². The van der Waals surface area contributed by atoms with Crippen LogP contribution in [0.2, 0.25) is 5.02 Å². The molecule has 0 bridgehead atoms. The highest BCUT2D eigenvalue weighted by atomic mass is 35.5. The van der Waals surface area contributed by atoms with Crippen LogP contribution in [0.1, 0.15) is 25.3 Å². The lowest BCUT2D eigenvalue weighted by Gasteiger charge is -2.08. The monoisotopic (exact) mass is 378 g/mol. The molecule has 0 amide bonds. The highest BCUT2D eigenvalue weighted by Gasteiger charge is 2.11. The maximum Gasteiger partial charge on any atom is 0.126 e. The van der Waals surface area contributed by atoms with E-state index in [1.807, 2.05) is 36.5 Å². The van der Waals surface area contributed by atoms with E-state index >= 15 is 0 Å². The number of halogens is 1. The lowest BCUT2D eigenvalue weighted by Crippen LogP contribution is -2.01. The second-order valence-electron chi connectivity index (χ2n) is 6.74. The quantitative estimate of drug-likeness (QED) is 0.336. The molecule has 0 spiro atoms. The molecule has 0 unspecified atom stereocenters. The van der Waals surface area contributed by atoms with Gasteiger partial charge in [-0.2, -0.15) is 0 Å². The maximum absolute atomic E-state index is 6.39. The zero-order valence-corrected chi connectivity index (χ0v) is 16.1. The number of nitrogens with zero attached hydrogens (tertiary/aromatic N) is 1.